The smallest absolute Gasteiger partial charge is 0.360 e. The van der Waals surface area contributed by atoms with Crippen molar-refractivity contribution < 1.29 is 9.53 Å². The third kappa shape index (κ3) is 3.20. The number of aryl methyl sites for hydroxylation is 1. The minimum absolute atomic E-state index is 0.0801. The van der Waals surface area contributed by atoms with Gasteiger partial charge in [-0.05, 0) is 43.4 Å². The summed E-state index contributed by atoms with van der Waals surface area (Å²) in [5.74, 6) is -0.0958. The quantitative estimate of drug-likeness (QED) is 0.682. The zero-order valence-electron chi connectivity index (χ0n) is 12.1. The van der Waals surface area contributed by atoms with Crippen LogP contribution in [-0.2, 0) is 11.8 Å². The molecule has 0 spiro atoms. The van der Waals surface area contributed by atoms with Crippen LogP contribution in [0.4, 0.5) is 11.5 Å². The maximum atomic E-state index is 12.1. The molecule has 0 unspecified atom stereocenters. The second-order valence-corrected chi connectivity index (χ2v) is 5.25. The van der Waals surface area contributed by atoms with Crippen LogP contribution in [-0.4, -0.2) is 27.2 Å². The van der Waals surface area contributed by atoms with Gasteiger partial charge in [0.2, 0.25) is 0 Å². The summed E-state index contributed by atoms with van der Waals surface area (Å²) in [4.78, 5) is 17.7. The van der Waals surface area contributed by atoms with E-state index >= 15 is 0 Å². The first-order valence-electron chi connectivity index (χ1n) is 6.49. The molecule has 0 bridgehead atoms. The minimum Gasteiger partial charge on any atom is -0.461 e. The Morgan fingerprint density at radius 2 is 2.09 bits per heavy atom. The van der Waals surface area contributed by atoms with E-state index in [1.54, 1.807) is 47.7 Å². The maximum absolute atomic E-state index is 12.1. The van der Waals surface area contributed by atoms with E-state index in [1.807, 2.05) is 0 Å². The molecule has 0 fully saturated rings. The van der Waals surface area contributed by atoms with Crippen LogP contribution in [0.3, 0.4) is 0 Å². The Kier molecular flexibility index (Phi) is 4.99. The molecule has 116 valence electrons. The topological polar surface area (TPSA) is 73.4 Å². The number of aromatic nitrogens is 2. The molecule has 0 radical (unpaired) electrons. The number of hydrogen-bond acceptors (Lipinski definition) is 4. The van der Waals surface area contributed by atoms with Crippen molar-refractivity contribution >= 4 is 46.4 Å². The van der Waals surface area contributed by atoms with Crippen LogP contribution in [0.5, 0.6) is 0 Å². The molecule has 0 aliphatic carbocycles. The molecule has 0 aliphatic rings. The number of nitrogens with two attached hydrogens (primary N) is 1. The summed E-state index contributed by atoms with van der Waals surface area (Å²) in [6, 6.07) is 6.93. The van der Waals surface area contributed by atoms with Crippen LogP contribution >= 0.6 is 23.8 Å². The SMILES string of the molecule is CCOC(=O)c1ncn(C)c1N(C(N)=S)c1ccc(Cl)cc1. The van der Waals surface area contributed by atoms with Gasteiger partial charge in [-0.3, -0.25) is 4.90 Å². The van der Waals surface area contributed by atoms with E-state index in [0.29, 0.717) is 16.5 Å². The van der Waals surface area contributed by atoms with Crippen molar-refractivity contribution in [2.75, 3.05) is 11.5 Å². The first-order valence-corrected chi connectivity index (χ1v) is 7.28. The van der Waals surface area contributed by atoms with E-state index in [0.717, 1.165) is 0 Å². The summed E-state index contributed by atoms with van der Waals surface area (Å²) in [6.07, 6.45) is 1.50. The highest BCUT2D eigenvalue weighted by atomic mass is 35.5. The predicted molar refractivity (Wildman–Crippen MR) is 89.5 cm³/mol. The summed E-state index contributed by atoms with van der Waals surface area (Å²) in [5, 5.41) is 0.665. The second kappa shape index (κ2) is 6.76. The van der Waals surface area contributed by atoms with Gasteiger partial charge >= 0.3 is 5.97 Å². The number of hydrogen-bond donors (Lipinski definition) is 1. The average Bonchev–Trinajstić information content (AvgIpc) is 2.83. The number of benzene rings is 1. The summed E-state index contributed by atoms with van der Waals surface area (Å²) >= 11 is 11.0. The highest BCUT2D eigenvalue weighted by molar-refractivity contribution is 7.80. The van der Waals surface area contributed by atoms with E-state index in [1.165, 1.54) is 6.33 Å². The van der Waals surface area contributed by atoms with Crippen LogP contribution < -0.4 is 10.6 Å². The third-order valence-electron chi connectivity index (χ3n) is 2.89. The van der Waals surface area contributed by atoms with Gasteiger partial charge in [-0.15, -0.1) is 0 Å². The van der Waals surface area contributed by atoms with Crippen molar-refractivity contribution in [3.8, 4) is 0 Å². The Balaban J connectivity index is 2.54. The largest absolute Gasteiger partial charge is 0.461 e. The third-order valence-corrected chi connectivity index (χ3v) is 3.33. The Morgan fingerprint density at radius 3 is 2.64 bits per heavy atom. The van der Waals surface area contributed by atoms with Crippen LogP contribution in [0, 0.1) is 0 Å². The number of halogens is 1. The van der Waals surface area contributed by atoms with E-state index < -0.39 is 5.97 Å². The summed E-state index contributed by atoms with van der Waals surface area (Å²) in [6.45, 7) is 1.98. The molecule has 2 N–H and O–H groups in total. The monoisotopic (exact) mass is 338 g/mol. The van der Waals surface area contributed by atoms with Gasteiger partial charge in [-0.1, -0.05) is 11.6 Å². The van der Waals surface area contributed by atoms with Gasteiger partial charge < -0.3 is 15.0 Å². The Hall–Kier alpha value is -2.12. The molecule has 0 saturated heterocycles. The number of thiocarbonyl (C=S) groups is 1. The number of ether oxygens (including phenoxy) is 1. The molecule has 0 amide bonds. The fourth-order valence-electron chi connectivity index (χ4n) is 1.97. The highest BCUT2D eigenvalue weighted by Gasteiger charge is 2.25. The lowest BCUT2D eigenvalue weighted by Crippen LogP contribution is -2.33. The lowest BCUT2D eigenvalue weighted by molar-refractivity contribution is 0.0521. The molecule has 0 aliphatic heterocycles. The number of nitrogens with zero attached hydrogens (tertiary/aromatic N) is 3. The molecule has 6 nitrogen and oxygen atoms in total. The molecular weight excluding hydrogens is 324 g/mol. The van der Waals surface area contributed by atoms with Gasteiger partial charge in [-0.2, -0.15) is 0 Å². The Morgan fingerprint density at radius 1 is 1.45 bits per heavy atom. The molecule has 0 saturated carbocycles. The minimum atomic E-state index is -0.534. The molecule has 1 heterocycles. The van der Waals surface area contributed by atoms with Gasteiger partial charge in [0.1, 0.15) is 0 Å². The van der Waals surface area contributed by atoms with Gasteiger partial charge in [0.15, 0.2) is 16.6 Å². The molecular formula is C14H15ClN4O2S. The molecule has 1 aromatic heterocycles. The molecule has 1 aromatic carbocycles. The number of carbonyl (C=O) groups excluding carboxylic acids is 1. The fourth-order valence-corrected chi connectivity index (χ4v) is 2.29. The fraction of sp³-hybridized carbons (Fsp3) is 0.214. The van der Waals surface area contributed by atoms with Crippen LogP contribution in [0.25, 0.3) is 0 Å². The standard InChI is InChI=1S/C14H15ClN4O2S/c1-3-21-13(20)11-12(18(2)8-17-11)19(14(16)22)10-6-4-9(15)5-7-10/h4-8H,3H2,1-2H3,(H2,16,22). The molecule has 2 rings (SSSR count). The van der Waals surface area contributed by atoms with Crippen molar-refractivity contribution in [3.05, 3.63) is 41.3 Å². The van der Waals surface area contributed by atoms with Gasteiger partial charge in [0.25, 0.3) is 0 Å². The lowest BCUT2D eigenvalue weighted by atomic mass is 10.2. The summed E-state index contributed by atoms with van der Waals surface area (Å²) in [5.41, 5.74) is 6.66. The lowest BCUT2D eigenvalue weighted by Gasteiger charge is -2.23. The van der Waals surface area contributed by atoms with Gasteiger partial charge in [0, 0.05) is 17.8 Å². The van der Waals surface area contributed by atoms with Crippen molar-refractivity contribution in [1.82, 2.24) is 9.55 Å². The number of anilines is 2. The molecule has 8 heteroatoms. The average molecular weight is 339 g/mol. The zero-order valence-corrected chi connectivity index (χ0v) is 13.7. The molecule has 2 aromatic rings. The van der Waals surface area contributed by atoms with Crippen molar-refractivity contribution in [2.24, 2.45) is 12.8 Å². The van der Waals surface area contributed by atoms with Gasteiger partial charge in [0.05, 0.1) is 12.9 Å². The van der Waals surface area contributed by atoms with Crippen LogP contribution in [0.1, 0.15) is 17.4 Å². The second-order valence-electron chi connectivity index (χ2n) is 4.40. The first kappa shape index (κ1) is 16.3. The predicted octanol–water partition coefficient (Wildman–Crippen LogP) is 2.63. The van der Waals surface area contributed by atoms with Crippen molar-refractivity contribution in [2.45, 2.75) is 6.92 Å². The first-order chi connectivity index (χ1) is 10.5. The maximum Gasteiger partial charge on any atom is 0.360 e. The molecule has 22 heavy (non-hydrogen) atoms. The van der Waals surface area contributed by atoms with E-state index in [-0.39, 0.29) is 17.4 Å². The van der Waals surface area contributed by atoms with Crippen LogP contribution in [0.2, 0.25) is 5.02 Å². The normalized spacial score (nSPS) is 10.3. The highest BCUT2D eigenvalue weighted by Crippen LogP contribution is 2.29. The van der Waals surface area contributed by atoms with E-state index in [2.05, 4.69) is 4.98 Å². The Labute approximate surface area is 138 Å². The Bertz CT molecular complexity index is 699. The van der Waals surface area contributed by atoms with Crippen molar-refractivity contribution in [3.63, 3.8) is 0 Å². The number of carbonyl (C=O) groups is 1. The van der Waals surface area contributed by atoms with Gasteiger partial charge in [-0.25, -0.2) is 9.78 Å². The summed E-state index contributed by atoms with van der Waals surface area (Å²) < 4.78 is 6.67. The summed E-state index contributed by atoms with van der Waals surface area (Å²) in [7, 11) is 1.74. The number of imidazole rings is 1. The number of rotatable bonds is 4. The number of esters is 1. The van der Waals surface area contributed by atoms with Crippen LogP contribution in [0.15, 0.2) is 30.6 Å². The van der Waals surface area contributed by atoms with Crippen molar-refractivity contribution in [1.29, 1.82) is 0 Å². The zero-order chi connectivity index (χ0) is 16.3. The van der Waals surface area contributed by atoms with E-state index in [9.17, 15) is 4.79 Å². The molecule has 0 atom stereocenters. The van der Waals surface area contributed by atoms with E-state index in [4.69, 9.17) is 34.3 Å².